The van der Waals surface area contributed by atoms with Crippen LogP contribution in [0, 0.1) is 0 Å². The predicted octanol–water partition coefficient (Wildman–Crippen LogP) is -1.92. The molecule has 1 aromatic rings. The number of methoxy groups -OCH3 is 1. The Kier molecular flexibility index (Phi) is 5.86. The molecule has 2 saturated heterocycles. The molecular formula is C15H17N5O9S. The number of nitrogens with two attached hydrogens (primary N) is 1. The van der Waals surface area contributed by atoms with Crippen LogP contribution in [0.4, 0.5) is 5.13 Å². The van der Waals surface area contributed by atoms with Crippen LogP contribution in [0.2, 0.25) is 0 Å². The van der Waals surface area contributed by atoms with Crippen LogP contribution < -0.4 is 11.1 Å². The summed E-state index contributed by atoms with van der Waals surface area (Å²) in [6, 6.07) is -1.29. The number of thiazole rings is 1. The van der Waals surface area contributed by atoms with Crippen LogP contribution in [0.1, 0.15) is 12.1 Å². The zero-order chi connectivity index (χ0) is 22.1. The molecule has 2 unspecified atom stereocenters. The van der Waals surface area contributed by atoms with Crippen molar-refractivity contribution in [3.05, 3.63) is 11.1 Å². The lowest BCUT2D eigenvalue weighted by molar-refractivity contribution is -0.256. The monoisotopic (exact) mass is 443 g/mol. The highest BCUT2D eigenvalue weighted by Crippen LogP contribution is 2.35. The maximum Gasteiger partial charge on any atom is 0.372 e. The Morgan fingerprint density at radius 2 is 2.20 bits per heavy atom. The highest BCUT2D eigenvalue weighted by molar-refractivity contribution is 7.13. The van der Waals surface area contributed by atoms with Crippen molar-refractivity contribution in [3.8, 4) is 0 Å². The van der Waals surface area contributed by atoms with Gasteiger partial charge in [-0.1, -0.05) is 5.16 Å². The van der Waals surface area contributed by atoms with Crippen molar-refractivity contribution in [1.29, 1.82) is 0 Å². The van der Waals surface area contributed by atoms with Crippen molar-refractivity contribution in [3.63, 3.8) is 0 Å². The summed E-state index contributed by atoms with van der Waals surface area (Å²) in [6.45, 7) is -0.408. The van der Waals surface area contributed by atoms with E-state index in [1.54, 1.807) is 0 Å². The minimum atomic E-state index is -2.42. The van der Waals surface area contributed by atoms with Crippen molar-refractivity contribution >= 4 is 45.9 Å². The van der Waals surface area contributed by atoms with E-state index in [0.717, 1.165) is 11.3 Å². The van der Waals surface area contributed by atoms with E-state index in [1.165, 1.54) is 19.6 Å². The molecule has 0 radical (unpaired) electrons. The van der Waals surface area contributed by atoms with E-state index < -0.39 is 54.7 Å². The molecule has 162 valence electrons. The number of hydrogen-bond donors (Lipinski definition) is 3. The molecule has 15 heteroatoms. The number of nitrogens with one attached hydrogen (secondary N) is 1. The fraction of sp³-hybridized carbons (Fsp3) is 0.467. The van der Waals surface area contributed by atoms with Crippen LogP contribution in [0.15, 0.2) is 10.5 Å². The van der Waals surface area contributed by atoms with Gasteiger partial charge in [0.15, 0.2) is 16.9 Å². The summed E-state index contributed by atoms with van der Waals surface area (Å²) >= 11 is 1.07. The first kappa shape index (κ1) is 21.4. The third-order valence-corrected chi connectivity index (χ3v) is 4.95. The van der Waals surface area contributed by atoms with Crippen LogP contribution >= 0.6 is 11.3 Å². The Bertz CT molecular complexity index is 918. The number of nitrogen functional groups attached to an aromatic ring is 1. The Morgan fingerprint density at radius 1 is 1.47 bits per heavy atom. The highest BCUT2D eigenvalue weighted by Gasteiger charge is 2.62. The highest BCUT2D eigenvalue weighted by atomic mass is 32.1. The predicted molar refractivity (Wildman–Crippen MR) is 96.7 cm³/mol. The molecule has 3 heterocycles. The third-order valence-electron chi connectivity index (χ3n) is 4.28. The van der Waals surface area contributed by atoms with E-state index in [2.05, 4.69) is 20.3 Å². The Balaban J connectivity index is 1.78. The van der Waals surface area contributed by atoms with Crippen LogP contribution in [0.25, 0.3) is 0 Å². The van der Waals surface area contributed by atoms with Gasteiger partial charge in [-0.25, -0.2) is 14.6 Å². The summed E-state index contributed by atoms with van der Waals surface area (Å²) in [5, 5.41) is 17.6. The van der Waals surface area contributed by atoms with E-state index in [0.29, 0.717) is 5.06 Å². The molecule has 0 aromatic carbocycles. The van der Waals surface area contributed by atoms with Crippen molar-refractivity contribution in [2.24, 2.45) is 5.16 Å². The molecule has 14 nitrogen and oxygen atoms in total. The number of carboxylic acids is 1. The smallest absolute Gasteiger partial charge is 0.372 e. The number of nitrogens with zero attached hydrogens (tertiary/aromatic N) is 3. The summed E-state index contributed by atoms with van der Waals surface area (Å²) in [4.78, 5) is 62.8. The number of ether oxygens (including phenoxy) is 2. The molecule has 30 heavy (non-hydrogen) atoms. The number of carboxylic acid groups (broad SMARTS) is 1. The van der Waals surface area contributed by atoms with Gasteiger partial charge in [0.1, 0.15) is 25.5 Å². The molecule has 3 rings (SSSR count). The van der Waals surface area contributed by atoms with Crippen LogP contribution in [-0.2, 0) is 38.3 Å². The minimum Gasteiger partial charge on any atom is -0.477 e. The number of rotatable bonds is 7. The molecule has 1 aromatic heterocycles. The summed E-state index contributed by atoms with van der Waals surface area (Å²) in [6.07, 6.45) is -1.68. The summed E-state index contributed by atoms with van der Waals surface area (Å²) in [5.74, 6) is -4.37. The normalized spacial score (nSPS) is 26.6. The molecule has 0 saturated carbocycles. The van der Waals surface area contributed by atoms with E-state index in [-0.39, 0.29) is 16.5 Å². The number of hydroxylamine groups is 2. The lowest BCUT2D eigenvalue weighted by atomic mass is 10.1. The zero-order valence-corrected chi connectivity index (χ0v) is 16.5. The van der Waals surface area contributed by atoms with Crippen molar-refractivity contribution in [2.75, 3.05) is 26.6 Å². The molecule has 0 aliphatic carbocycles. The van der Waals surface area contributed by atoms with Crippen molar-refractivity contribution in [2.45, 2.75) is 24.3 Å². The Morgan fingerprint density at radius 3 is 2.73 bits per heavy atom. The molecule has 0 bridgehead atoms. The van der Waals surface area contributed by atoms with Gasteiger partial charge in [-0.2, -0.15) is 5.06 Å². The maximum absolute atomic E-state index is 12.7. The summed E-state index contributed by atoms with van der Waals surface area (Å²) in [5.41, 5.74) is 3.01. The van der Waals surface area contributed by atoms with Gasteiger partial charge in [0, 0.05) is 12.5 Å². The van der Waals surface area contributed by atoms with Gasteiger partial charge < -0.3 is 30.5 Å². The molecule has 3 atom stereocenters. The van der Waals surface area contributed by atoms with Crippen molar-refractivity contribution < 1.29 is 43.4 Å². The number of hydrogen-bond acceptors (Lipinski definition) is 12. The lowest BCUT2D eigenvalue weighted by Gasteiger charge is -2.30. The first-order valence-corrected chi connectivity index (χ1v) is 9.21. The number of carbonyl (C=O) groups is 4. The number of oxime groups is 1. The molecule has 2 aliphatic rings. The van der Waals surface area contributed by atoms with Gasteiger partial charge in [0.25, 0.3) is 11.8 Å². The lowest BCUT2D eigenvalue weighted by Crippen LogP contribution is -2.57. The number of aliphatic carboxylic acids is 1. The largest absolute Gasteiger partial charge is 0.477 e. The quantitative estimate of drug-likeness (QED) is 0.242. The summed E-state index contributed by atoms with van der Waals surface area (Å²) < 4.78 is 9.79. The third kappa shape index (κ3) is 3.64. The van der Waals surface area contributed by atoms with Gasteiger partial charge in [-0.15, -0.1) is 11.3 Å². The number of esters is 1. The van der Waals surface area contributed by atoms with Crippen molar-refractivity contribution in [1.82, 2.24) is 15.4 Å². The van der Waals surface area contributed by atoms with Crippen LogP contribution in [-0.4, -0.2) is 83.3 Å². The van der Waals surface area contributed by atoms with Gasteiger partial charge in [-0.05, 0) is 0 Å². The number of carbonyl (C=O) groups excluding carboxylic acids is 3. The van der Waals surface area contributed by atoms with Gasteiger partial charge in [-0.3, -0.25) is 14.4 Å². The Labute approximate surface area is 172 Å². The standard InChI is InChI=1S/C15H17N5O9S/c1-26-8-3-15(13(24)25,29-12(8)23)20-11(22)6(4-28-20)17-10(21)9(19-27-2)7-5-30-14(16)18-7/h5-6,8H,3-4H2,1-2H3,(H2,16,18)(H,17,21)(H,24,25)/b19-9-/t6-,8?,15?/m0/s1. The second-order valence-corrected chi connectivity index (χ2v) is 6.98. The van der Waals surface area contributed by atoms with E-state index in [1.807, 2.05) is 0 Å². The number of anilines is 1. The van der Waals surface area contributed by atoms with Gasteiger partial charge >= 0.3 is 17.7 Å². The molecule has 2 aliphatic heterocycles. The van der Waals surface area contributed by atoms with Gasteiger partial charge in [0.2, 0.25) is 0 Å². The maximum atomic E-state index is 12.7. The molecule has 4 N–H and O–H groups in total. The van der Waals surface area contributed by atoms with E-state index >= 15 is 0 Å². The molecule has 0 spiro atoms. The number of aromatic nitrogens is 1. The fourth-order valence-electron chi connectivity index (χ4n) is 2.86. The number of amides is 2. The molecule has 2 fully saturated rings. The Hall–Kier alpha value is -3.30. The van der Waals surface area contributed by atoms with Crippen LogP contribution in [0.5, 0.6) is 0 Å². The molecular weight excluding hydrogens is 426 g/mol. The second kappa shape index (κ2) is 8.21. The topological polar surface area (TPSA) is 192 Å². The SMILES string of the molecule is CO/N=C(\C(=O)N[C@H]1CON(C2(C(=O)O)CC(OC)C(=O)O2)C1=O)c1csc(N)n1. The average molecular weight is 443 g/mol. The summed E-state index contributed by atoms with van der Waals surface area (Å²) in [7, 11) is 2.41. The first-order chi connectivity index (χ1) is 14.2. The fourth-order valence-corrected chi connectivity index (χ4v) is 3.41. The molecule has 2 amide bonds. The second-order valence-electron chi connectivity index (χ2n) is 6.09. The van der Waals surface area contributed by atoms with Gasteiger partial charge in [0.05, 0.1) is 6.42 Å². The van der Waals surface area contributed by atoms with Crippen LogP contribution in [0.3, 0.4) is 0 Å². The number of cyclic esters (lactones) is 1. The average Bonchev–Trinajstić information content (AvgIpc) is 3.38. The van der Waals surface area contributed by atoms with E-state index in [4.69, 9.17) is 20.0 Å². The van der Waals surface area contributed by atoms with E-state index in [9.17, 15) is 24.3 Å². The zero-order valence-electron chi connectivity index (χ0n) is 15.7. The minimum absolute atomic E-state index is 0.120. The first-order valence-electron chi connectivity index (χ1n) is 8.33.